The Labute approximate surface area is 109 Å². The van der Waals surface area contributed by atoms with Crippen molar-refractivity contribution in [3.05, 3.63) is 41.7 Å². The number of carboxylic acid groups (broad SMARTS) is 1. The first-order valence-electron chi connectivity index (χ1n) is 5.48. The minimum absolute atomic E-state index is 0.0185. The lowest BCUT2D eigenvalue weighted by molar-refractivity contribution is 0.0694. The van der Waals surface area contributed by atoms with Gasteiger partial charge < -0.3 is 14.6 Å². The molecule has 0 bridgehead atoms. The molecular weight excluding hydrogens is 248 g/mol. The number of hydrogen-bond acceptors (Lipinski definition) is 5. The number of rotatable bonds is 4. The van der Waals surface area contributed by atoms with Crippen molar-refractivity contribution in [3.8, 4) is 17.5 Å². The molecule has 0 fully saturated rings. The molecule has 0 amide bonds. The number of aryl methyl sites for hydroxylation is 1. The van der Waals surface area contributed by atoms with Gasteiger partial charge in [-0.3, -0.25) is 0 Å². The molecule has 6 nitrogen and oxygen atoms in total. The Hall–Kier alpha value is -2.63. The highest BCUT2D eigenvalue weighted by molar-refractivity contribution is 5.91. The summed E-state index contributed by atoms with van der Waals surface area (Å²) in [7, 11) is 1.49. The molecule has 1 N–H and O–H groups in total. The normalized spacial score (nSPS) is 10.0. The highest BCUT2D eigenvalue weighted by Crippen LogP contribution is 2.27. The van der Waals surface area contributed by atoms with Crippen molar-refractivity contribution >= 4 is 5.97 Å². The van der Waals surface area contributed by atoms with Gasteiger partial charge >= 0.3 is 12.0 Å². The summed E-state index contributed by atoms with van der Waals surface area (Å²) in [5.74, 6) is -0.465. The second-order valence-corrected chi connectivity index (χ2v) is 3.81. The number of carboxylic acids is 1. The van der Waals surface area contributed by atoms with Crippen LogP contribution in [0.2, 0.25) is 0 Å². The molecule has 0 spiro atoms. The van der Waals surface area contributed by atoms with Gasteiger partial charge in [-0.25, -0.2) is 14.8 Å². The van der Waals surface area contributed by atoms with E-state index in [0.29, 0.717) is 5.75 Å². The van der Waals surface area contributed by atoms with Crippen molar-refractivity contribution in [3.63, 3.8) is 0 Å². The first-order chi connectivity index (χ1) is 9.10. The molecule has 0 atom stereocenters. The van der Waals surface area contributed by atoms with Crippen molar-refractivity contribution in [1.82, 2.24) is 9.97 Å². The number of hydrogen-bond donors (Lipinski definition) is 1. The summed E-state index contributed by atoms with van der Waals surface area (Å²) < 4.78 is 10.4. The van der Waals surface area contributed by atoms with Gasteiger partial charge in [0.2, 0.25) is 0 Å². The van der Waals surface area contributed by atoms with Gasteiger partial charge in [0, 0.05) is 18.5 Å². The van der Waals surface area contributed by atoms with Crippen molar-refractivity contribution in [2.45, 2.75) is 6.92 Å². The van der Waals surface area contributed by atoms with E-state index in [0.717, 1.165) is 5.56 Å². The molecule has 0 aliphatic rings. The van der Waals surface area contributed by atoms with E-state index in [4.69, 9.17) is 14.6 Å². The van der Waals surface area contributed by atoms with E-state index >= 15 is 0 Å². The molecule has 0 aliphatic carbocycles. The Morgan fingerprint density at radius 1 is 1.26 bits per heavy atom. The fourth-order valence-corrected chi connectivity index (χ4v) is 1.42. The number of aromatic nitrogens is 2. The molecule has 6 heteroatoms. The molecule has 0 aliphatic heterocycles. The highest BCUT2D eigenvalue weighted by atomic mass is 16.5. The Bertz CT molecular complexity index is 596. The van der Waals surface area contributed by atoms with Crippen molar-refractivity contribution in [2.24, 2.45) is 0 Å². The maximum absolute atomic E-state index is 11.1. The summed E-state index contributed by atoms with van der Waals surface area (Å²) in [4.78, 5) is 19.0. The van der Waals surface area contributed by atoms with Gasteiger partial charge in [0.15, 0.2) is 0 Å². The summed E-state index contributed by atoms with van der Waals surface area (Å²) in [5.41, 5.74) is 0.904. The van der Waals surface area contributed by atoms with Gasteiger partial charge in [0.1, 0.15) is 17.1 Å². The maximum Gasteiger partial charge on any atom is 0.339 e. The monoisotopic (exact) mass is 260 g/mol. The zero-order valence-corrected chi connectivity index (χ0v) is 10.5. The number of nitrogens with zero attached hydrogens (tertiary/aromatic N) is 2. The molecule has 1 aromatic heterocycles. The predicted octanol–water partition coefficient (Wildman–Crippen LogP) is 2.28. The van der Waals surface area contributed by atoms with Crippen molar-refractivity contribution in [2.75, 3.05) is 7.11 Å². The van der Waals surface area contributed by atoms with Crippen LogP contribution in [0.4, 0.5) is 0 Å². The third-order valence-corrected chi connectivity index (χ3v) is 2.38. The van der Waals surface area contributed by atoms with Gasteiger partial charge in [-0.1, -0.05) is 0 Å². The van der Waals surface area contributed by atoms with E-state index in [1.807, 2.05) is 6.92 Å². The molecule has 2 rings (SSSR count). The fraction of sp³-hybridized carbons (Fsp3) is 0.154. The summed E-state index contributed by atoms with van der Waals surface area (Å²) in [5, 5.41) is 9.09. The molecule has 1 aromatic carbocycles. The van der Waals surface area contributed by atoms with E-state index in [-0.39, 0.29) is 17.3 Å². The molecule has 19 heavy (non-hydrogen) atoms. The lowest BCUT2D eigenvalue weighted by Gasteiger charge is -2.08. The Kier molecular flexibility index (Phi) is 3.61. The van der Waals surface area contributed by atoms with E-state index in [9.17, 15) is 4.79 Å². The van der Waals surface area contributed by atoms with Crippen LogP contribution < -0.4 is 9.47 Å². The van der Waals surface area contributed by atoms with E-state index in [2.05, 4.69) is 9.97 Å². The third kappa shape index (κ3) is 2.98. The first-order valence-corrected chi connectivity index (χ1v) is 5.48. The molecule has 98 valence electrons. The molecular formula is C13H12N2O4. The molecule has 0 radical (unpaired) electrons. The Balaban J connectivity index is 2.36. The lowest BCUT2D eigenvalue weighted by atomic mass is 10.2. The molecule has 0 unspecified atom stereocenters. The molecule has 0 saturated heterocycles. The number of aromatic carboxylic acids is 1. The average molecular weight is 260 g/mol. The zero-order chi connectivity index (χ0) is 13.8. The van der Waals surface area contributed by atoms with Crippen molar-refractivity contribution < 1.29 is 19.4 Å². The van der Waals surface area contributed by atoms with Crippen molar-refractivity contribution in [1.29, 1.82) is 0 Å². The van der Waals surface area contributed by atoms with Crippen LogP contribution in [0, 0.1) is 6.92 Å². The summed E-state index contributed by atoms with van der Waals surface area (Å²) in [6, 6.07) is 4.52. The maximum atomic E-state index is 11.1. The van der Waals surface area contributed by atoms with E-state index in [1.165, 1.54) is 19.2 Å². The highest BCUT2D eigenvalue weighted by Gasteiger charge is 2.14. The number of ether oxygens (including phenoxy) is 2. The molecule has 0 saturated carbocycles. The third-order valence-electron chi connectivity index (χ3n) is 2.38. The van der Waals surface area contributed by atoms with Crippen LogP contribution in [0.1, 0.15) is 15.9 Å². The minimum Gasteiger partial charge on any atom is -0.497 e. The summed E-state index contributed by atoms with van der Waals surface area (Å²) in [6.07, 6.45) is 3.17. The average Bonchev–Trinajstić information content (AvgIpc) is 2.41. The number of methoxy groups -OCH3 is 1. The second-order valence-electron chi connectivity index (χ2n) is 3.81. The molecule has 2 aromatic rings. The number of carbonyl (C=O) groups is 1. The largest absolute Gasteiger partial charge is 0.497 e. The summed E-state index contributed by atoms with van der Waals surface area (Å²) >= 11 is 0. The topological polar surface area (TPSA) is 81.5 Å². The quantitative estimate of drug-likeness (QED) is 0.908. The summed E-state index contributed by atoms with van der Waals surface area (Å²) in [6.45, 7) is 1.85. The van der Waals surface area contributed by atoms with Crippen LogP contribution in [0.15, 0.2) is 30.6 Å². The SMILES string of the molecule is COc1ccc(C(=O)O)c(Oc2ncc(C)cn2)c1. The van der Waals surface area contributed by atoms with Crippen LogP contribution in [0.25, 0.3) is 0 Å². The van der Waals surface area contributed by atoms with E-state index < -0.39 is 5.97 Å². The van der Waals surface area contributed by atoms with Gasteiger partial charge in [-0.05, 0) is 24.6 Å². The predicted molar refractivity (Wildman–Crippen MR) is 66.8 cm³/mol. The fourth-order valence-electron chi connectivity index (χ4n) is 1.42. The minimum atomic E-state index is -1.09. The van der Waals surface area contributed by atoms with Gasteiger partial charge in [0.05, 0.1) is 7.11 Å². The lowest BCUT2D eigenvalue weighted by Crippen LogP contribution is -2.02. The molecule has 1 heterocycles. The Morgan fingerprint density at radius 3 is 2.53 bits per heavy atom. The Morgan fingerprint density at radius 2 is 1.95 bits per heavy atom. The van der Waals surface area contributed by atoms with Crippen LogP contribution in [0.5, 0.6) is 17.5 Å². The smallest absolute Gasteiger partial charge is 0.339 e. The second kappa shape index (κ2) is 5.34. The van der Waals surface area contributed by atoms with Gasteiger partial charge in [0.25, 0.3) is 0 Å². The van der Waals surface area contributed by atoms with Gasteiger partial charge in [-0.15, -0.1) is 0 Å². The van der Waals surface area contributed by atoms with Crippen LogP contribution in [0.3, 0.4) is 0 Å². The van der Waals surface area contributed by atoms with Crippen LogP contribution in [-0.2, 0) is 0 Å². The van der Waals surface area contributed by atoms with E-state index in [1.54, 1.807) is 18.5 Å². The standard InChI is InChI=1S/C13H12N2O4/c1-8-6-14-13(15-7-8)19-11-5-9(18-2)3-4-10(11)12(16)17/h3-7H,1-2H3,(H,16,17). The van der Waals surface area contributed by atoms with Crippen LogP contribution in [-0.4, -0.2) is 28.2 Å². The number of benzene rings is 1. The van der Waals surface area contributed by atoms with Crippen LogP contribution >= 0.6 is 0 Å². The van der Waals surface area contributed by atoms with Gasteiger partial charge in [-0.2, -0.15) is 0 Å². The first kappa shape index (κ1) is 12.8. The zero-order valence-electron chi connectivity index (χ0n) is 10.5.